The average Bonchev–Trinajstić information content (AvgIpc) is 3.12. The van der Waals surface area contributed by atoms with Crippen LogP contribution in [0.3, 0.4) is 0 Å². The average molecular weight is 488 g/mol. The molecular weight excluding hydrogens is 469 g/mol. The Morgan fingerprint density at radius 3 is 2.24 bits per heavy atom. The second-order valence-electron chi connectivity index (χ2n) is 8.03. The van der Waals surface area contributed by atoms with E-state index in [1.807, 2.05) is 42.5 Å². The van der Waals surface area contributed by atoms with Gasteiger partial charge in [0.15, 0.2) is 0 Å². The van der Waals surface area contributed by atoms with Gasteiger partial charge in [-0.1, -0.05) is 65.7 Å². The number of primary amides is 2. The molecule has 2 amide bonds. The van der Waals surface area contributed by atoms with Crippen LogP contribution in [0.1, 0.15) is 26.3 Å². The largest absolute Gasteiger partial charge is 0.366 e. The fraction of sp³-hybridized carbons (Fsp3) is 0.0370. The Balaban J connectivity index is 1.82. The zero-order valence-electron chi connectivity index (χ0n) is 17.9. The number of carbonyl (C=O) groups excluding carboxylic acids is 2. The highest BCUT2D eigenvalue weighted by molar-refractivity contribution is 6.36. The summed E-state index contributed by atoms with van der Waals surface area (Å²) in [6.45, 7) is 0.374. The number of amides is 2. The van der Waals surface area contributed by atoms with Gasteiger partial charge in [0, 0.05) is 44.1 Å². The van der Waals surface area contributed by atoms with Crippen LogP contribution in [0.5, 0.6) is 0 Å². The molecule has 0 bridgehead atoms. The van der Waals surface area contributed by atoms with Crippen LogP contribution < -0.4 is 11.5 Å². The SMILES string of the molecule is NC(=O)c1ccccc1Cn1c2cc(-c3ccc(Cl)cc3Cl)ccc2c2c(C(N)=O)cccc21. The molecule has 5 aromatic rings. The fourth-order valence-corrected chi connectivity index (χ4v) is 5.00. The number of fused-ring (bicyclic) bond motifs is 3. The smallest absolute Gasteiger partial charge is 0.249 e. The van der Waals surface area contributed by atoms with Crippen LogP contribution in [0.25, 0.3) is 32.9 Å². The minimum absolute atomic E-state index is 0.374. The summed E-state index contributed by atoms with van der Waals surface area (Å²) < 4.78 is 2.06. The van der Waals surface area contributed by atoms with E-state index >= 15 is 0 Å². The van der Waals surface area contributed by atoms with Gasteiger partial charge >= 0.3 is 0 Å². The Morgan fingerprint density at radius 1 is 0.765 bits per heavy atom. The molecule has 1 aromatic heterocycles. The standard InChI is InChI=1S/C27H19Cl2N3O2/c28-17-9-11-18(22(29)13-17)15-8-10-20-24(12-15)32(14-16-4-1-2-5-19(16)26(30)33)23-7-3-6-21(25(20)23)27(31)34/h1-13H,14H2,(H2,30,33)(H2,31,34). The van der Waals surface area contributed by atoms with E-state index in [0.717, 1.165) is 38.5 Å². The molecule has 34 heavy (non-hydrogen) atoms. The van der Waals surface area contributed by atoms with E-state index in [1.165, 1.54) is 0 Å². The molecule has 168 valence electrons. The van der Waals surface area contributed by atoms with Crippen LogP contribution >= 0.6 is 23.2 Å². The summed E-state index contributed by atoms with van der Waals surface area (Å²) in [5.41, 5.74) is 16.4. The van der Waals surface area contributed by atoms with Crippen molar-refractivity contribution in [2.24, 2.45) is 11.5 Å². The first-order valence-corrected chi connectivity index (χ1v) is 11.3. The van der Waals surface area contributed by atoms with Gasteiger partial charge in [-0.2, -0.15) is 0 Å². The zero-order chi connectivity index (χ0) is 24.0. The molecule has 7 heteroatoms. The lowest BCUT2D eigenvalue weighted by Crippen LogP contribution is -2.15. The molecule has 5 rings (SSSR count). The Labute approximate surface area is 205 Å². The van der Waals surface area contributed by atoms with Crippen molar-refractivity contribution in [1.82, 2.24) is 4.57 Å². The molecule has 0 aliphatic heterocycles. The van der Waals surface area contributed by atoms with E-state index in [9.17, 15) is 9.59 Å². The molecule has 5 nitrogen and oxygen atoms in total. The summed E-state index contributed by atoms with van der Waals surface area (Å²) in [6.07, 6.45) is 0. The third-order valence-corrected chi connectivity index (χ3v) is 6.56. The van der Waals surface area contributed by atoms with Gasteiger partial charge in [-0.25, -0.2) is 0 Å². The van der Waals surface area contributed by atoms with E-state index in [-0.39, 0.29) is 0 Å². The van der Waals surface area contributed by atoms with Crippen molar-refractivity contribution in [2.75, 3.05) is 0 Å². The predicted octanol–water partition coefficient (Wildman–Crippen LogP) is 6.01. The van der Waals surface area contributed by atoms with Gasteiger partial charge in [0.25, 0.3) is 0 Å². The van der Waals surface area contributed by atoms with Crippen molar-refractivity contribution in [3.63, 3.8) is 0 Å². The topological polar surface area (TPSA) is 91.1 Å². The quantitative estimate of drug-likeness (QED) is 0.317. The maximum Gasteiger partial charge on any atom is 0.249 e. The van der Waals surface area contributed by atoms with Gasteiger partial charge < -0.3 is 16.0 Å². The molecule has 0 unspecified atom stereocenters. The Kier molecular flexibility index (Phi) is 5.52. The highest BCUT2D eigenvalue weighted by Crippen LogP contribution is 2.37. The Hall–Kier alpha value is -3.80. The van der Waals surface area contributed by atoms with Crippen LogP contribution in [0.15, 0.2) is 78.9 Å². The lowest BCUT2D eigenvalue weighted by atomic mass is 10.0. The molecule has 1 heterocycles. The number of rotatable bonds is 5. The van der Waals surface area contributed by atoms with E-state index in [0.29, 0.717) is 27.7 Å². The second kappa shape index (κ2) is 8.52. The van der Waals surface area contributed by atoms with E-state index in [4.69, 9.17) is 34.7 Å². The number of carbonyl (C=O) groups is 2. The molecule has 0 aliphatic rings. The third kappa shape index (κ3) is 3.69. The van der Waals surface area contributed by atoms with Gasteiger partial charge in [-0.3, -0.25) is 9.59 Å². The summed E-state index contributed by atoms with van der Waals surface area (Å²) in [7, 11) is 0. The minimum Gasteiger partial charge on any atom is -0.366 e. The van der Waals surface area contributed by atoms with Crippen molar-refractivity contribution < 1.29 is 9.59 Å². The molecule has 0 spiro atoms. The molecule has 0 saturated carbocycles. The maximum atomic E-state index is 12.3. The van der Waals surface area contributed by atoms with E-state index in [2.05, 4.69) is 4.57 Å². The summed E-state index contributed by atoms with van der Waals surface area (Å²) >= 11 is 12.6. The van der Waals surface area contributed by atoms with Crippen molar-refractivity contribution in [1.29, 1.82) is 0 Å². The first-order valence-electron chi connectivity index (χ1n) is 10.5. The normalized spacial score (nSPS) is 11.2. The lowest BCUT2D eigenvalue weighted by molar-refractivity contribution is 0.0992. The molecule has 0 atom stereocenters. The number of aromatic nitrogens is 1. The van der Waals surface area contributed by atoms with Crippen molar-refractivity contribution >= 4 is 56.8 Å². The highest BCUT2D eigenvalue weighted by Gasteiger charge is 2.19. The van der Waals surface area contributed by atoms with Gasteiger partial charge in [0.1, 0.15) is 0 Å². The van der Waals surface area contributed by atoms with Gasteiger partial charge in [0.2, 0.25) is 11.8 Å². The summed E-state index contributed by atoms with van der Waals surface area (Å²) in [5, 5.41) is 2.72. The fourth-order valence-electron chi connectivity index (χ4n) is 4.48. The van der Waals surface area contributed by atoms with Gasteiger partial charge in [-0.05, 0) is 47.5 Å². The summed E-state index contributed by atoms with van der Waals surface area (Å²) in [5.74, 6) is -1.00. The molecule has 0 saturated heterocycles. The molecule has 0 radical (unpaired) electrons. The second-order valence-corrected chi connectivity index (χ2v) is 8.87. The van der Waals surface area contributed by atoms with Crippen LogP contribution in [-0.4, -0.2) is 16.4 Å². The molecule has 4 N–H and O–H groups in total. The molecule has 4 aromatic carbocycles. The highest BCUT2D eigenvalue weighted by atomic mass is 35.5. The Morgan fingerprint density at radius 2 is 1.50 bits per heavy atom. The van der Waals surface area contributed by atoms with Crippen LogP contribution in [0, 0.1) is 0 Å². The number of hydrogen-bond acceptors (Lipinski definition) is 2. The third-order valence-electron chi connectivity index (χ3n) is 6.01. The summed E-state index contributed by atoms with van der Waals surface area (Å²) in [6, 6.07) is 24.0. The zero-order valence-corrected chi connectivity index (χ0v) is 19.4. The Bertz CT molecular complexity index is 1620. The van der Waals surface area contributed by atoms with Gasteiger partial charge in [0.05, 0.1) is 11.0 Å². The van der Waals surface area contributed by atoms with Gasteiger partial charge in [-0.15, -0.1) is 0 Å². The maximum absolute atomic E-state index is 12.3. The number of nitrogens with zero attached hydrogens (tertiary/aromatic N) is 1. The number of nitrogens with two attached hydrogens (primary N) is 2. The lowest BCUT2D eigenvalue weighted by Gasteiger charge is -2.12. The molecular formula is C27H19Cl2N3O2. The first-order chi connectivity index (χ1) is 16.3. The van der Waals surface area contributed by atoms with E-state index in [1.54, 1.807) is 36.4 Å². The summed E-state index contributed by atoms with van der Waals surface area (Å²) in [4.78, 5) is 24.3. The van der Waals surface area contributed by atoms with E-state index < -0.39 is 11.8 Å². The first kappa shape index (κ1) is 22.0. The van der Waals surface area contributed by atoms with Crippen LogP contribution in [0.4, 0.5) is 0 Å². The molecule has 0 aliphatic carbocycles. The number of benzene rings is 4. The monoisotopic (exact) mass is 487 g/mol. The number of hydrogen-bond donors (Lipinski definition) is 2. The number of halogens is 2. The van der Waals surface area contributed by atoms with Crippen LogP contribution in [0.2, 0.25) is 10.0 Å². The minimum atomic E-state index is -0.507. The van der Waals surface area contributed by atoms with Crippen molar-refractivity contribution in [3.8, 4) is 11.1 Å². The van der Waals surface area contributed by atoms with Crippen molar-refractivity contribution in [3.05, 3.63) is 106 Å². The predicted molar refractivity (Wildman–Crippen MR) is 137 cm³/mol. The molecule has 0 fully saturated rings. The van der Waals surface area contributed by atoms with Crippen LogP contribution in [-0.2, 0) is 6.54 Å². The van der Waals surface area contributed by atoms with Crippen molar-refractivity contribution in [2.45, 2.75) is 6.54 Å².